The topological polar surface area (TPSA) is 31.9 Å². The highest BCUT2D eigenvalue weighted by atomic mass is 19.2. The zero-order chi connectivity index (χ0) is 20.4. The van der Waals surface area contributed by atoms with Crippen molar-refractivity contribution >= 4 is 16.7 Å². The molecule has 0 unspecified atom stereocenters. The number of H-pyrrole nitrogens is 1. The van der Waals surface area contributed by atoms with E-state index in [1.54, 1.807) is 6.33 Å². The Morgan fingerprint density at radius 3 is 2.17 bits per heavy atom. The van der Waals surface area contributed by atoms with Crippen LogP contribution in [0.4, 0.5) is 18.9 Å². The van der Waals surface area contributed by atoms with E-state index in [0.29, 0.717) is 12.1 Å². The minimum absolute atomic E-state index is 0.225. The fourth-order valence-corrected chi connectivity index (χ4v) is 3.38. The number of nitrogens with zero attached hydrogens (tertiary/aromatic N) is 2. The molecule has 0 fully saturated rings. The molecule has 0 atom stereocenters. The lowest BCUT2D eigenvalue weighted by Crippen LogP contribution is -2.22. The molecule has 0 spiro atoms. The molecule has 1 heterocycles. The van der Waals surface area contributed by atoms with Crippen LogP contribution < -0.4 is 4.90 Å². The van der Waals surface area contributed by atoms with Gasteiger partial charge in [0.15, 0.2) is 17.5 Å². The van der Waals surface area contributed by atoms with Crippen LogP contribution in [-0.4, -0.2) is 9.97 Å². The molecule has 0 aliphatic carbocycles. The third-order valence-electron chi connectivity index (χ3n) is 4.99. The summed E-state index contributed by atoms with van der Waals surface area (Å²) < 4.78 is 40.8. The van der Waals surface area contributed by atoms with Gasteiger partial charge in [-0.3, -0.25) is 0 Å². The van der Waals surface area contributed by atoms with E-state index in [9.17, 15) is 13.2 Å². The number of hydrogen-bond acceptors (Lipinski definition) is 2. The van der Waals surface area contributed by atoms with Crippen molar-refractivity contribution < 1.29 is 13.2 Å². The second-order valence-electron chi connectivity index (χ2n) is 7.00. The van der Waals surface area contributed by atoms with Crippen molar-refractivity contribution in [2.24, 2.45) is 0 Å². The number of rotatable bonds is 6. The molecule has 4 rings (SSSR count). The third-order valence-corrected chi connectivity index (χ3v) is 4.99. The van der Waals surface area contributed by atoms with Crippen LogP contribution in [0.1, 0.15) is 23.6 Å². The number of aromatic amines is 1. The molecule has 6 heteroatoms. The van der Waals surface area contributed by atoms with Crippen LogP contribution in [0, 0.1) is 17.5 Å². The van der Waals surface area contributed by atoms with Crippen LogP contribution in [-0.2, 0) is 19.5 Å². The monoisotopic (exact) mass is 395 g/mol. The minimum Gasteiger partial charge on any atom is -0.363 e. The fourth-order valence-electron chi connectivity index (χ4n) is 3.38. The van der Waals surface area contributed by atoms with Gasteiger partial charge < -0.3 is 9.88 Å². The van der Waals surface area contributed by atoms with Gasteiger partial charge in [0.1, 0.15) is 0 Å². The average Bonchev–Trinajstić information content (AvgIpc) is 3.20. The maximum Gasteiger partial charge on any atom is 0.194 e. The molecule has 3 nitrogen and oxygen atoms in total. The SMILES string of the molecule is CCc1ccc(CN(Cc2cc(F)c(F)c(F)c2)c2ccc3nc[nH]c3c2)cc1. The molecule has 3 aromatic carbocycles. The first-order valence-electron chi connectivity index (χ1n) is 9.43. The van der Waals surface area contributed by atoms with Crippen LogP contribution in [0.2, 0.25) is 0 Å². The summed E-state index contributed by atoms with van der Waals surface area (Å²) in [4.78, 5) is 9.29. The van der Waals surface area contributed by atoms with Gasteiger partial charge in [-0.2, -0.15) is 0 Å². The van der Waals surface area contributed by atoms with Gasteiger partial charge in [0.05, 0.1) is 17.4 Å². The molecule has 148 valence electrons. The van der Waals surface area contributed by atoms with Crippen molar-refractivity contribution in [3.8, 4) is 0 Å². The van der Waals surface area contributed by atoms with Gasteiger partial charge in [-0.25, -0.2) is 18.2 Å². The maximum absolute atomic E-state index is 13.7. The van der Waals surface area contributed by atoms with E-state index in [1.165, 1.54) is 5.56 Å². The molecule has 1 N–H and O–H groups in total. The summed E-state index contributed by atoms with van der Waals surface area (Å²) in [7, 11) is 0. The van der Waals surface area contributed by atoms with Crippen molar-refractivity contribution in [3.05, 3.63) is 95.1 Å². The fraction of sp³-hybridized carbons (Fsp3) is 0.174. The minimum atomic E-state index is -1.45. The van der Waals surface area contributed by atoms with Crippen molar-refractivity contribution in [3.63, 3.8) is 0 Å². The highest BCUT2D eigenvalue weighted by Gasteiger charge is 2.15. The van der Waals surface area contributed by atoms with Crippen LogP contribution in [0.5, 0.6) is 0 Å². The smallest absolute Gasteiger partial charge is 0.194 e. The molecular weight excluding hydrogens is 375 g/mol. The Kier molecular flexibility index (Phi) is 5.25. The standard InChI is InChI=1S/C23H20F3N3/c1-2-15-3-5-16(6-4-15)12-29(13-17-9-19(24)23(26)20(25)10-17)18-7-8-21-22(11-18)28-14-27-21/h3-11,14H,2,12-13H2,1H3,(H,27,28). The van der Waals surface area contributed by atoms with E-state index >= 15 is 0 Å². The van der Waals surface area contributed by atoms with Crippen molar-refractivity contribution in [1.29, 1.82) is 0 Å². The molecule has 0 saturated carbocycles. The first kappa shape index (κ1) is 19.1. The van der Waals surface area contributed by atoms with Gasteiger partial charge in [-0.15, -0.1) is 0 Å². The normalized spacial score (nSPS) is 11.2. The van der Waals surface area contributed by atoms with Gasteiger partial charge in [0.25, 0.3) is 0 Å². The number of anilines is 1. The zero-order valence-electron chi connectivity index (χ0n) is 15.9. The number of hydrogen-bond donors (Lipinski definition) is 1. The summed E-state index contributed by atoms with van der Waals surface area (Å²) >= 11 is 0. The molecule has 0 aliphatic heterocycles. The summed E-state index contributed by atoms with van der Waals surface area (Å²) in [6.07, 6.45) is 2.57. The van der Waals surface area contributed by atoms with Crippen molar-refractivity contribution in [2.75, 3.05) is 4.90 Å². The molecule has 1 aromatic heterocycles. The molecule has 0 bridgehead atoms. The van der Waals surface area contributed by atoms with Crippen molar-refractivity contribution in [1.82, 2.24) is 9.97 Å². The number of halogens is 3. The van der Waals surface area contributed by atoms with Gasteiger partial charge in [0, 0.05) is 18.8 Å². The Bertz CT molecular complexity index is 1110. The zero-order valence-corrected chi connectivity index (χ0v) is 15.9. The predicted molar refractivity (Wildman–Crippen MR) is 108 cm³/mol. The first-order chi connectivity index (χ1) is 14.0. The van der Waals surface area contributed by atoms with Crippen molar-refractivity contribution in [2.45, 2.75) is 26.4 Å². The van der Waals surface area contributed by atoms with E-state index in [2.05, 4.69) is 29.0 Å². The lowest BCUT2D eigenvalue weighted by Gasteiger charge is -2.25. The number of nitrogens with one attached hydrogen (secondary N) is 1. The highest BCUT2D eigenvalue weighted by Crippen LogP contribution is 2.25. The van der Waals surface area contributed by atoms with Crippen LogP contribution in [0.15, 0.2) is 60.9 Å². The van der Waals surface area contributed by atoms with Crippen LogP contribution in [0.25, 0.3) is 11.0 Å². The van der Waals surface area contributed by atoms with Gasteiger partial charge >= 0.3 is 0 Å². The molecule has 4 aromatic rings. The predicted octanol–water partition coefficient (Wildman–Crippen LogP) is 5.75. The summed E-state index contributed by atoms with van der Waals surface area (Å²) in [6.45, 7) is 2.85. The number of imidazole rings is 1. The summed E-state index contributed by atoms with van der Waals surface area (Å²) in [6, 6.07) is 16.1. The lowest BCUT2D eigenvalue weighted by atomic mass is 10.1. The number of benzene rings is 3. The number of fused-ring (bicyclic) bond motifs is 1. The lowest BCUT2D eigenvalue weighted by molar-refractivity contribution is 0.445. The van der Waals surface area contributed by atoms with E-state index in [0.717, 1.165) is 40.8 Å². The molecule has 29 heavy (non-hydrogen) atoms. The highest BCUT2D eigenvalue weighted by molar-refractivity contribution is 5.79. The molecular formula is C23H20F3N3. The van der Waals surface area contributed by atoms with Gasteiger partial charge in [0.2, 0.25) is 0 Å². The van der Waals surface area contributed by atoms with E-state index < -0.39 is 17.5 Å². The number of aromatic nitrogens is 2. The summed E-state index contributed by atoms with van der Waals surface area (Å²) in [5.74, 6) is -3.82. The van der Waals surface area contributed by atoms with Crippen LogP contribution >= 0.6 is 0 Å². The molecule has 0 radical (unpaired) electrons. The van der Waals surface area contributed by atoms with E-state index in [4.69, 9.17) is 0 Å². The Labute approximate surface area is 166 Å². The Morgan fingerprint density at radius 2 is 1.48 bits per heavy atom. The van der Waals surface area contributed by atoms with E-state index in [-0.39, 0.29) is 6.54 Å². The van der Waals surface area contributed by atoms with Gasteiger partial charge in [-0.1, -0.05) is 31.2 Å². The average molecular weight is 395 g/mol. The van der Waals surface area contributed by atoms with E-state index in [1.807, 2.05) is 35.2 Å². The Hall–Kier alpha value is -3.28. The molecule has 0 aliphatic rings. The van der Waals surface area contributed by atoms with Crippen LogP contribution in [0.3, 0.4) is 0 Å². The molecule has 0 saturated heterocycles. The first-order valence-corrected chi connectivity index (χ1v) is 9.43. The number of aryl methyl sites for hydroxylation is 1. The maximum atomic E-state index is 13.7. The molecule has 0 amide bonds. The summed E-state index contributed by atoms with van der Waals surface area (Å²) in [5, 5.41) is 0. The largest absolute Gasteiger partial charge is 0.363 e. The quantitative estimate of drug-likeness (QED) is 0.422. The second kappa shape index (κ2) is 7.99. The Balaban J connectivity index is 1.69. The summed E-state index contributed by atoms with van der Waals surface area (Å²) in [5.41, 5.74) is 5.23. The third kappa shape index (κ3) is 4.11. The Morgan fingerprint density at radius 1 is 0.828 bits per heavy atom. The second-order valence-corrected chi connectivity index (χ2v) is 7.00. The van der Waals surface area contributed by atoms with Gasteiger partial charge in [-0.05, 0) is 53.4 Å².